The zero-order chi connectivity index (χ0) is 19.1. The van der Waals surface area contributed by atoms with Crippen LogP contribution in [0.5, 0.6) is 11.5 Å². The number of hydrogen-bond donors (Lipinski definition) is 2. The topological polar surface area (TPSA) is 89.0 Å². The summed E-state index contributed by atoms with van der Waals surface area (Å²) in [5.41, 5.74) is 5.23. The zero-order valence-electron chi connectivity index (χ0n) is 15.1. The van der Waals surface area contributed by atoms with Crippen LogP contribution in [0.2, 0.25) is 0 Å². The maximum Gasteiger partial charge on any atom is 0.329 e. The molecule has 0 aliphatic carbocycles. The molecule has 7 heteroatoms. The van der Waals surface area contributed by atoms with Gasteiger partial charge >= 0.3 is 11.8 Å². The Morgan fingerprint density at radius 3 is 2.46 bits per heavy atom. The lowest BCUT2D eigenvalue weighted by atomic mass is 10.1. The molecule has 0 saturated carbocycles. The van der Waals surface area contributed by atoms with E-state index in [4.69, 9.17) is 9.47 Å². The smallest absolute Gasteiger partial charge is 0.329 e. The average molecular weight is 355 g/mol. The molecule has 2 aromatic carbocycles. The first kappa shape index (κ1) is 19.0. The molecule has 0 fully saturated rings. The first-order chi connectivity index (χ1) is 12.4. The molecule has 7 nitrogen and oxygen atoms in total. The number of aryl methyl sites for hydroxylation is 2. The fraction of sp³-hybridized carbons (Fsp3) is 0.211. The Balaban J connectivity index is 2.02. The summed E-state index contributed by atoms with van der Waals surface area (Å²) >= 11 is 0. The van der Waals surface area contributed by atoms with Crippen molar-refractivity contribution in [2.75, 3.05) is 19.5 Å². The maximum atomic E-state index is 12.0. The van der Waals surface area contributed by atoms with Crippen LogP contribution in [0, 0.1) is 13.8 Å². The Labute approximate surface area is 152 Å². The molecule has 2 rings (SSSR count). The highest BCUT2D eigenvalue weighted by Gasteiger charge is 2.14. The van der Waals surface area contributed by atoms with E-state index in [0.717, 1.165) is 11.1 Å². The van der Waals surface area contributed by atoms with Gasteiger partial charge in [0.05, 0.1) is 20.4 Å². The van der Waals surface area contributed by atoms with Gasteiger partial charge in [-0.1, -0.05) is 12.1 Å². The van der Waals surface area contributed by atoms with E-state index >= 15 is 0 Å². The Morgan fingerprint density at radius 2 is 1.77 bits per heavy atom. The van der Waals surface area contributed by atoms with Crippen LogP contribution in [-0.4, -0.2) is 32.2 Å². The third-order valence-electron chi connectivity index (χ3n) is 3.65. The van der Waals surface area contributed by atoms with Gasteiger partial charge in [0.1, 0.15) is 11.5 Å². The number of amides is 2. The summed E-state index contributed by atoms with van der Waals surface area (Å²) in [5.74, 6) is -0.493. The average Bonchev–Trinajstić information content (AvgIpc) is 2.64. The van der Waals surface area contributed by atoms with Crippen molar-refractivity contribution in [3.05, 3.63) is 53.1 Å². The molecule has 136 valence electrons. The normalized spacial score (nSPS) is 10.5. The molecular formula is C19H21N3O4. The number of nitrogens with zero attached hydrogens (tertiary/aromatic N) is 1. The van der Waals surface area contributed by atoms with E-state index in [1.807, 2.05) is 26.0 Å². The third-order valence-corrected chi connectivity index (χ3v) is 3.65. The molecule has 0 aliphatic rings. The molecule has 0 bridgehead atoms. The van der Waals surface area contributed by atoms with Gasteiger partial charge in [-0.25, -0.2) is 5.43 Å². The molecule has 0 aromatic heterocycles. The van der Waals surface area contributed by atoms with Crippen LogP contribution >= 0.6 is 0 Å². The summed E-state index contributed by atoms with van der Waals surface area (Å²) in [5, 5.41) is 6.38. The molecule has 0 heterocycles. The number of carbonyl (C=O) groups excluding carboxylic acids is 2. The summed E-state index contributed by atoms with van der Waals surface area (Å²) in [6.45, 7) is 3.75. The summed E-state index contributed by atoms with van der Waals surface area (Å²) in [7, 11) is 3.07. The van der Waals surface area contributed by atoms with Crippen molar-refractivity contribution in [3.63, 3.8) is 0 Å². The van der Waals surface area contributed by atoms with Crippen LogP contribution in [-0.2, 0) is 9.59 Å². The van der Waals surface area contributed by atoms with Crippen LogP contribution in [0.1, 0.15) is 16.7 Å². The fourth-order valence-corrected chi connectivity index (χ4v) is 2.20. The highest BCUT2D eigenvalue weighted by atomic mass is 16.5. The molecule has 0 unspecified atom stereocenters. The van der Waals surface area contributed by atoms with Gasteiger partial charge in [-0.2, -0.15) is 5.10 Å². The predicted molar refractivity (Wildman–Crippen MR) is 99.8 cm³/mol. The second kappa shape index (κ2) is 8.66. The number of carbonyl (C=O) groups is 2. The molecule has 0 aliphatic heterocycles. The van der Waals surface area contributed by atoms with Crippen molar-refractivity contribution in [2.24, 2.45) is 5.10 Å². The Kier molecular flexibility index (Phi) is 6.32. The van der Waals surface area contributed by atoms with E-state index in [2.05, 4.69) is 15.8 Å². The number of ether oxygens (including phenoxy) is 2. The van der Waals surface area contributed by atoms with Crippen molar-refractivity contribution >= 4 is 23.7 Å². The molecule has 0 radical (unpaired) electrons. The number of hydrogen-bond acceptors (Lipinski definition) is 5. The van der Waals surface area contributed by atoms with E-state index in [1.165, 1.54) is 13.3 Å². The van der Waals surface area contributed by atoms with Crippen LogP contribution in [0.3, 0.4) is 0 Å². The standard InChI is InChI=1S/C19H21N3O4/c1-12-5-6-13(2)16(9-12)21-18(23)19(24)22-20-11-14-10-15(25-3)7-8-17(14)26-4/h5-11H,1-4H3,(H,21,23)(H,22,24)/b20-11-. The predicted octanol–water partition coefficient (Wildman–Crippen LogP) is 2.41. The van der Waals surface area contributed by atoms with Gasteiger partial charge in [-0.15, -0.1) is 0 Å². The summed E-state index contributed by atoms with van der Waals surface area (Å²) in [6, 6.07) is 10.8. The summed E-state index contributed by atoms with van der Waals surface area (Å²) < 4.78 is 10.4. The lowest BCUT2D eigenvalue weighted by Gasteiger charge is -2.08. The second-order valence-electron chi connectivity index (χ2n) is 5.58. The third kappa shape index (κ3) is 4.83. The molecule has 0 saturated heterocycles. The Hall–Kier alpha value is -3.35. The van der Waals surface area contributed by atoms with Gasteiger partial charge in [0.15, 0.2) is 0 Å². The number of benzene rings is 2. The van der Waals surface area contributed by atoms with E-state index in [0.29, 0.717) is 22.7 Å². The minimum Gasteiger partial charge on any atom is -0.497 e. The Bertz CT molecular complexity index is 847. The van der Waals surface area contributed by atoms with Crippen molar-refractivity contribution in [2.45, 2.75) is 13.8 Å². The summed E-state index contributed by atoms with van der Waals surface area (Å²) in [4.78, 5) is 23.9. The van der Waals surface area contributed by atoms with Gasteiger partial charge in [0.25, 0.3) is 0 Å². The fourth-order valence-electron chi connectivity index (χ4n) is 2.20. The number of nitrogens with one attached hydrogen (secondary N) is 2. The minimum absolute atomic E-state index is 0.559. The lowest BCUT2D eigenvalue weighted by molar-refractivity contribution is -0.136. The van der Waals surface area contributed by atoms with Crippen molar-refractivity contribution in [3.8, 4) is 11.5 Å². The first-order valence-corrected chi connectivity index (χ1v) is 7.88. The van der Waals surface area contributed by atoms with Gasteiger partial charge in [-0.05, 0) is 49.2 Å². The molecular weight excluding hydrogens is 334 g/mol. The van der Waals surface area contributed by atoms with E-state index < -0.39 is 11.8 Å². The minimum atomic E-state index is -0.871. The zero-order valence-corrected chi connectivity index (χ0v) is 15.1. The van der Waals surface area contributed by atoms with E-state index in [1.54, 1.807) is 31.4 Å². The van der Waals surface area contributed by atoms with Crippen molar-refractivity contribution < 1.29 is 19.1 Å². The molecule has 0 atom stereocenters. The molecule has 2 aromatic rings. The van der Waals surface area contributed by atoms with E-state index in [9.17, 15) is 9.59 Å². The lowest BCUT2D eigenvalue weighted by Crippen LogP contribution is -2.32. The van der Waals surface area contributed by atoms with Gasteiger partial charge in [0.2, 0.25) is 0 Å². The second-order valence-corrected chi connectivity index (χ2v) is 5.58. The van der Waals surface area contributed by atoms with Gasteiger partial charge in [-0.3, -0.25) is 9.59 Å². The van der Waals surface area contributed by atoms with Crippen LogP contribution in [0.15, 0.2) is 41.5 Å². The van der Waals surface area contributed by atoms with Crippen LogP contribution in [0.25, 0.3) is 0 Å². The van der Waals surface area contributed by atoms with Crippen molar-refractivity contribution in [1.82, 2.24) is 5.43 Å². The van der Waals surface area contributed by atoms with Crippen LogP contribution < -0.4 is 20.2 Å². The number of hydrazone groups is 1. The highest BCUT2D eigenvalue weighted by Crippen LogP contribution is 2.22. The van der Waals surface area contributed by atoms with Gasteiger partial charge in [0, 0.05) is 11.3 Å². The monoisotopic (exact) mass is 355 g/mol. The van der Waals surface area contributed by atoms with Crippen LogP contribution in [0.4, 0.5) is 5.69 Å². The Morgan fingerprint density at radius 1 is 1.00 bits per heavy atom. The quantitative estimate of drug-likeness (QED) is 0.490. The highest BCUT2D eigenvalue weighted by molar-refractivity contribution is 6.39. The summed E-state index contributed by atoms with van der Waals surface area (Å²) in [6.07, 6.45) is 1.38. The maximum absolute atomic E-state index is 12.0. The molecule has 26 heavy (non-hydrogen) atoms. The SMILES string of the molecule is COc1ccc(OC)c(/C=N\NC(=O)C(=O)Nc2cc(C)ccc2C)c1. The largest absolute Gasteiger partial charge is 0.497 e. The molecule has 2 N–H and O–H groups in total. The number of methoxy groups -OCH3 is 2. The number of anilines is 1. The molecule has 0 spiro atoms. The van der Waals surface area contributed by atoms with Gasteiger partial charge < -0.3 is 14.8 Å². The molecule has 2 amide bonds. The first-order valence-electron chi connectivity index (χ1n) is 7.88. The van der Waals surface area contributed by atoms with Crippen molar-refractivity contribution in [1.29, 1.82) is 0 Å². The van der Waals surface area contributed by atoms with E-state index in [-0.39, 0.29) is 0 Å². The number of rotatable bonds is 5.